The van der Waals surface area contributed by atoms with Gasteiger partial charge in [-0.1, -0.05) is 6.07 Å². The molecule has 2 aliphatic rings. The largest absolute Gasteiger partial charge is 0.507 e. The van der Waals surface area contributed by atoms with Gasteiger partial charge in [-0.15, -0.1) is 0 Å². The highest BCUT2D eigenvalue weighted by Gasteiger charge is 2.27. The normalized spacial score (nSPS) is 20.0. The van der Waals surface area contributed by atoms with Gasteiger partial charge in [-0.05, 0) is 64.4 Å². The van der Waals surface area contributed by atoms with Crippen LogP contribution in [0.5, 0.6) is 5.75 Å². The second kappa shape index (κ2) is 8.57. The Morgan fingerprint density at radius 1 is 1.17 bits per heavy atom. The van der Waals surface area contributed by atoms with Gasteiger partial charge in [-0.3, -0.25) is 14.4 Å². The molecule has 7 nitrogen and oxygen atoms in total. The first-order valence-corrected chi connectivity index (χ1v) is 10.9. The average molecular weight is 416 g/mol. The number of piperidine rings is 1. The minimum absolute atomic E-state index is 0.202. The number of morpholine rings is 1. The number of hydrogen-bond donors (Lipinski definition) is 1. The smallest absolute Gasteiger partial charge is 0.419 e. The number of phenolic OH excluding ortho intramolecular Hbond substituents is 1. The Balaban J connectivity index is 1.50. The SMILES string of the molecule is CC(C)(C)OC(=O)n1cc(CN2CCC(N3CCOCC3)CC2)c2c(O)cccc21. The monoisotopic (exact) mass is 415 g/mol. The molecule has 2 saturated heterocycles. The van der Waals surface area contributed by atoms with Crippen molar-refractivity contribution in [2.45, 2.75) is 51.8 Å². The molecule has 3 heterocycles. The zero-order valence-electron chi connectivity index (χ0n) is 18.3. The van der Waals surface area contributed by atoms with Gasteiger partial charge < -0.3 is 14.6 Å². The highest BCUT2D eigenvalue weighted by molar-refractivity contribution is 5.95. The molecule has 7 heteroatoms. The van der Waals surface area contributed by atoms with Gasteiger partial charge in [0.25, 0.3) is 0 Å². The topological polar surface area (TPSA) is 67.2 Å². The summed E-state index contributed by atoms with van der Waals surface area (Å²) in [5.41, 5.74) is 1.06. The Morgan fingerprint density at radius 3 is 2.53 bits per heavy atom. The Morgan fingerprint density at radius 2 is 1.87 bits per heavy atom. The van der Waals surface area contributed by atoms with Crippen LogP contribution in [0.1, 0.15) is 39.2 Å². The van der Waals surface area contributed by atoms with Gasteiger partial charge in [0.1, 0.15) is 11.4 Å². The molecular weight excluding hydrogens is 382 g/mol. The molecule has 0 bridgehead atoms. The van der Waals surface area contributed by atoms with Crippen LogP contribution in [0.4, 0.5) is 4.79 Å². The van der Waals surface area contributed by atoms with E-state index in [0.29, 0.717) is 18.1 Å². The molecule has 0 aliphatic carbocycles. The van der Waals surface area contributed by atoms with E-state index in [1.807, 2.05) is 33.0 Å². The maximum absolute atomic E-state index is 12.7. The summed E-state index contributed by atoms with van der Waals surface area (Å²) in [6.07, 6.45) is 3.68. The number of likely N-dealkylation sites (tertiary alicyclic amines) is 1. The fraction of sp³-hybridized carbons (Fsp3) is 0.609. The summed E-state index contributed by atoms with van der Waals surface area (Å²) in [5, 5.41) is 11.3. The second-order valence-electron chi connectivity index (χ2n) is 9.33. The van der Waals surface area contributed by atoms with Crippen molar-refractivity contribution in [3.05, 3.63) is 30.0 Å². The lowest BCUT2D eigenvalue weighted by Crippen LogP contribution is -2.48. The van der Waals surface area contributed by atoms with Crippen LogP contribution in [-0.2, 0) is 16.0 Å². The lowest BCUT2D eigenvalue weighted by Gasteiger charge is -2.40. The van der Waals surface area contributed by atoms with Crippen LogP contribution in [0, 0.1) is 0 Å². The van der Waals surface area contributed by atoms with Crippen molar-refractivity contribution in [3.8, 4) is 5.75 Å². The number of phenols is 1. The van der Waals surface area contributed by atoms with E-state index < -0.39 is 11.7 Å². The van der Waals surface area contributed by atoms with Crippen molar-refractivity contribution < 1.29 is 19.4 Å². The van der Waals surface area contributed by atoms with Crippen molar-refractivity contribution in [1.29, 1.82) is 0 Å². The molecule has 0 saturated carbocycles. The third kappa shape index (κ3) is 4.63. The van der Waals surface area contributed by atoms with E-state index in [-0.39, 0.29) is 5.75 Å². The van der Waals surface area contributed by atoms with E-state index in [1.165, 1.54) is 4.57 Å². The highest BCUT2D eigenvalue weighted by atomic mass is 16.6. The number of rotatable bonds is 3. The minimum atomic E-state index is -0.577. The van der Waals surface area contributed by atoms with Crippen LogP contribution in [0.25, 0.3) is 10.9 Å². The number of benzene rings is 1. The van der Waals surface area contributed by atoms with Crippen LogP contribution < -0.4 is 0 Å². The number of carbonyl (C=O) groups excluding carboxylic acids is 1. The fourth-order valence-electron chi connectivity index (χ4n) is 4.56. The van der Waals surface area contributed by atoms with E-state index in [1.54, 1.807) is 12.1 Å². The quantitative estimate of drug-likeness (QED) is 0.829. The molecule has 1 aromatic heterocycles. The molecule has 0 radical (unpaired) electrons. The minimum Gasteiger partial charge on any atom is -0.507 e. The van der Waals surface area contributed by atoms with Gasteiger partial charge in [-0.25, -0.2) is 4.79 Å². The molecule has 164 valence electrons. The number of ether oxygens (including phenoxy) is 2. The molecule has 0 amide bonds. The third-order valence-electron chi connectivity index (χ3n) is 5.99. The van der Waals surface area contributed by atoms with E-state index in [4.69, 9.17) is 9.47 Å². The number of fused-ring (bicyclic) bond motifs is 1. The molecule has 1 aromatic carbocycles. The van der Waals surface area contributed by atoms with E-state index >= 15 is 0 Å². The summed E-state index contributed by atoms with van der Waals surface area (Å²) in [5.74, 6) is 0.202. The standard InChI is InChI=1S/C23H33N3O4/c1-23(2,3)30-22(28)26-16-17(21-19(26)5-4-6-20(21)27)15-24-9-7-18(8-10-24)25-11-13-29-14-12-25/h4-6,16,18,27H,7-15H2,1-3H3. The summed E-state index contributed by atoms with van der Waals surface area (Å²) in [6, 6.07) is 5.92. The Labute approximate surface area is 178 Å². The molecule has 2 aromatic rings. The van der Waals surface area contributed by atoms with Gasteiger partial charge in [0.2, 0.25) is 0 Å². The van der Waals surface area contributed by atoms with Crippen molar-refractivity contribution in [3.63, 3.8) is 0 Å². The molecule has 0 unspecified atom stereocenters. The predicted octanol–water partition coefficient (Wildman–Crippen LogP) is 3.43. The van der Waals surface area contributed by atoms with E-state index in [0.717, 1.165) is 63.2 Å². The lowest BCUT2D eigenvalue weighted by molar-refractivity contribution is 0.000251. The van der Waals surface area contributed by atoms with Gasteiger partial charge in [0.05, 0.1) is 18.7 Å². The van der Waals surface area contributed by atoms with Crippen LogP contribution in [0.15, 0.2) is 24.4 Å². The van der Waals surface area contributed by atoms with Gasteiger partial charge in [0, 0.05) is 37.3 Å². The first kappa shape index (κ1) is 21.2. The second-order valence-corrected chi connectivity index (χ2v) is 9.33. The fourth-order valence-corrected chi connectivity index (χ4v) is 4.56. The lowest BCUT2D eigenvalue weighted by atomic mass is 10.0. The van der Waals surface area contributed by atoms with Crippen molar-refractivity contribution in [1.82, 2.24) is 14.4 Å². The summed E-state index contributed by atoms with van der Waals surface area (Å²) in [4.78, 5) is 17.7. The van der Waals surface area contributed by atoms with Crippen molar-refractivity contribution in [2.24, 2.45) is 0 Å². The first-order chi connectivity index (χ1) is 14.3. The van der Waals surface area contributed by atoms with Crippen LogP contribution in [0.2, 0.25) is 0 Å². The van der Waals surface area contributed by atoms with Gasteiger partial charge in [-0.2, -0.15) is 0 Å². The van der Waals surface area contributed by atoms with Gasteiger partial charge >= 0.3 is 6.09 Å². The average Bonchev–Trinajstić information content (AvgIpc) is 3.08. The summed E-state index contributed by atoms with van der Waals surface area (Å²) in [6.45, 7) is 12.0. The van der Waals surface area contributed by atoms with Crippen molar-refractivity contribution >= 4 is 17.0 Å². The first-order valence-electron chi connectivity index (χ1n) is 10.9. The van der Waals surface area contributed by atoms with Crippen LogP contribution in [-0.4, -0.2) is 76.6 Å². The maximum Gasteiger partial charge on any atom is 0.419 e. The highest BCUT2D eigenvalue weighted by Crippen LogP contribution is 2.32. The zero-order valence-corrected chi connectivity index (χ0v) is 18.3. The number of hydrogen-bond acceptors (Lipinski definition) is 6. The predicted molar refractivity (Wildman–Crippen MR) is 116 cm³/mol. The molecular formula is C23H33N3O4. The van der Waals surface area contributed by atoms with Crippen LogP contribution in [0.3, 0.4) is 0 Å². The number of aromatic hydroxyl groups is 1. The molecule has 4 rings (SSSR count). The Kier molecular flexibility index (Phi) is 6.04. The molecule has 30 heavy (non-hydrogen) atoms. The molecule has 2 aliphatic heterocycles. The summed E-state index contributed by atoms with van der Waals surface area (Å²) < 4.78 is 12.6. The van der Waals surface area contributed by atoms with Gasteiger partial charge in [0.15, 0.2) is 0 Å². The maximum atomic E-state index is 12.7. The molecule has 0 spiro atoms. The summed E-state index contributed by atoms with van der Waals surface area (Å²) >= 11 is 0. The molecule has 2 fully saturated rings. The van der Waals surface area contributed by atoms with E-state index in [2.05, 4.69) is 9.80 Å². The number of nitrogens with zero attached hydrogens (tertiary/aromatic N) is 3. The Bertz CT molecular complexity index is 888. The Hall–Kier alpha value is -2.09. The summed E-state index contributed by atoms with van der Waals surface area (Å²) in [7, 11) is 0. The number of aromatic nitrogens is 1. The van der Waals surface area contributed by atoms with Crippen molar-refractivity contribution in [2.75, 3.05) is 39.4 Å². The third-order valence-corrected chi connectivity index (χ3v) is 5.99. The van der Waals surface area contributed by atoms with Crippen LogP contribution >= 0.6 is 0 Å². The van der Waals surface area contributed by atoms with E-state index in [9.17, 15) is 9.90 Å². The zero-order chi connectivity index (χ0) is 21.3. The molecule has 0 atom stereocenters. The molecule has 1 N–H and O–H groups in total. The number of carbonyl (C=O) groups is 1.